The quantitative estimate of drug-likeness (QED) is 0.203. The van der Waals surface area contributed by atoms with Crippen molar-refractivity contribution in [3.63, 3.8) is 0 Å². The lowest BCUT2D eigenvalue weighted by molar-refractivity contribution is -0.385. The van der Waals surface area contributed by atoms with Gasteiger partial charge in [-0.25, -0.2) is 8.42 Å². The second-order valence-corrected chi connectivity index (χ2v) is 8.74. The maximum atomic E-state index is 12.6. The number of hydrogen-bond acceptors (Lipinski definition) is 8. The number of nitro groups is 1. The molecule has 0 bridgehead atoms. The Bertz CT molecular complexity index is 1330. The largest absolute Gasteiger partial charge is 0.507 e. The topological polar surface area (TPSA) is 168 Å². The molecule has 0 saturated heterocycles. The van der Waals surface area contributed by atoms with Gasteiger partial charge in [0.2, 0.25) is 0 Å². The monoisotopic (exact) mass is 487 g/mol. The molecule has 0 aliphatic carbocycles. The van der Waals surface area contributed by atoms with E-state index in [4.69, 9.17) is 4.74 Å². The molecule has 3 aromatic carbocycles. The number of phenolic OH excluding ortho intramolecular Hbond substituents is 1. The summed E-state index contributed by atoms with van der Waals surface area (Å²) in [6.45, 7) is -0.206. The zero-order valence-corrected chi connectivity index (χ0v) is 18.7. The number of amides is 1. The lowest BCUT2D eigenvalue weighted by Crippen LogP contribution is -2.28. The van der Waals surface area contributed by atoms with Crippen LogP contribution in [0.5, 0.6) is 11.5 Å². The van der Waals surface area contributed by atoms with Gasteiger partial charge in [-0.05, 0) is 30.3 Å². The molecule has 0 aliphatic heterocycles. The normalized spacial score (nSPS) is 11.9. The minimum Gasteiger partial charge on any atom is -0.507 e. The number of nitrogens with zero attached hydrogens (tertiary/aromatic N) is 1. The van der Waals surface area contributed by atoms with E-state index in [0.29, 0.717) is 11.3 Å². The van der Waals surface area contributed by atoms with Crippen molar-refractivity contribution >= 4 is 27.3 Å². The summed E-state index contributed by atoms with van der Waals surface area (Å²) >= 11 is 0. The van der Waals surface area contributed by atoms with Crippen molar-refractivity contribution in [2.75, 3.05) is 18.4 Å². The van der Waals surface area contributed by atoms with Crippen LogP contribution in [-0.2, 0) is 10.0 Å². The SMILES string of the molecule is COc1ccccc1[C@H](O)CNC(=O)c1cc(NS(=O)(=O)c2cccc([N+](=O)[O-])c2)ccc1O. The first-order valence-corrected chi connectivity index (χ1v) is 11.3. The molecule has 11 nitrogen and oxygen atoms in total. The standard InChI is InChI=1S/C22H21N3O8S/c1-33-21-8-3-2-7-17(21)20(27)13-23-22(28)18-11-14(9-10-19(18)26)24-34(31,32)16-6-4-5-15(12-16)25(29)30/h2-12,20,24,26-27H,13H2,1H3,(H,23,28)/t20-/m1/s1. The summed E-state index contributed by atoms with van der Waals surface area (Å²) in [7, 11) is -2.77. The van der Waals surface area contributed by atoms with E-state index in [9.17, 15) is 33.5 Å². The average Bonchev–Trinajstić information content (AvgIpc) is 2.83. The number of aliphatic hydroxyl groups is 1. The molecular weight excluding hydrogens is 466 g/mol. The molecule has 0 spiro atoms. The molecule has 0 heterocycles. The lowest BCUT2D eigenvalue weighted by atomic mass is 10.1. The van der Waals surface area contributed by atoms with E-state index in [1.54, 1.807) is 24.3 Å². The molecule has 0 aromatic heterocycles. The number of carbonyl (C=O) groups excluding carboxylic acids is 1. The molecule has 0 saturated carbocycles. The highest BCUT2D eigenvalue weighted by molar-refractivity contribution is 7.92. The van der Waals surface area contributed by atoms with E-state index in [-0.39, 0.29) is 22.7 Å². The fourth-order valence-corrected chi connectivity index (χ4v) is 4.18. The van der Waals surface area contributed by atoms with Gasteiger partial charge in [0.15, 0.2) is 0 Å². The van der Waals surface area contributed by atoms with Gasteiger partial charge in [-0.1, -0.05) is 24.3 Å². The average molecular weight is 487 g/mol. The zero-order valence-electron chi connectivity index (χ0n) is 17.8. The van der Waals surface area contributed by atoms with E-state index in [2.05, 4.69) is 10.0 Å². The van der Waals surface area contributed by atoms with E-state index >= 15 is 0 Å². The summed E-state index contributed by atoms with van der Waals surface area (Å²) in [4.78, 5) is 22.5. The fourth-order valence-electron chi connectivity index (χ4n) is 3.10. The number of para-hydroxylation sites is 1. The number of phenols is 1. The van der Waals surface area contributed by atoms with Crippen LogP contribution in [0.3, 0.4) is 0 Å². The molecule has 1 amide bonds. The Kier molecular flexibility index (Phi) is 7.34. The predicted molar refractivity (Wildman–Crippen MR) is 122 cm³/mol. The van der Waals surface area contributed by atoms with Gasteiger partial charge < -0.3 is 20.3 Å². The van der Waals surface area contributed by atoms with Gasteiger partial charge in [-0.15, -0.1) is 0 Å². The van der Waals surface area contributed by atoms with E-state index < -0.39 is 38.4 Å². The fraction of sp³-hybridized carbons (Fsp3) is 0.136. The molecule has 34 heavy (non-hydrogen) atoms. The van der Waals surface area contributed by atoms with Crippen molar-refractivity contribution in [2.45, 2.75) is 11.0 Å². The molecule has 0 fully saturated rings. The number of nitrogens with one attached hydrogen (secondary N) is 2. The van der Waals surface area contributed by atoms with Crippen molar-refractivity contribution in [1.29, 1.82) is 0 Å². The molecule has 4 N–H and O–H groups in total. The predicted octanol–water partition coefficient (Wildman–Crippen LogP) is 2.57. The summed E-state index contributed by atoms with van der Waals surface area (Å²) in [5.74, 6) is -0.741. The number of hydrogen-bond donors (Lipinski definition) is 4. The number of anilines is 1. The van der Waals surface area contributed by atoms with Crippen molar-refractivity contribution < 1.29 is 33.1 Å². The maximum absolute atomic E-state index is 12.6. The number of aromatic hydroxyl groups is 1. The molecule has 0 radical (unpaired) electrons. The van der Waals surface area contributed by atoms with Crippen molar-refractivity contribution in [2.24, 2.45) is 0 Å². The Morgan fingerprint density at radius 2 is 1.85 bits per heavy atom. The van der Waals surface area contributed by atoms with Gasteiger partial charge in [0.1, 0.15) is 11.5 Å². The maximum Gasteiger partial charge on any atom is 0.270 e. The van der Waals surface area contributed by atoms with Crippen molar-refractivity contribution in [1.82, 2.24) is 5.32 Å². The van der Waals surface area contributed by atoms with Crippen molar-refractivity contribution in [3.8, 4) is 11.5 Å². The van der Waals surface area contributed by atoms with Gasteiger partial charge >= 0.3 is 0 Å². The van der Waals surface area contributed by atoms with Gasteiger partial charge in [0, 0.05) is 29.9 Å². The Morgan fingerprint density at radius 1 is 1.12 bits per heavy atom. The van der Waals surface area contributed by atoms with Crippen LogP contribution in [0.15, 0.2) is 71.6 Å². The molecule has 0 unspecified atom stereocenters. The smallest absolute Gasteiger partial charge is 0.270 e. The van der Waals surface area contributed by atoms with Crippen LogP contribution in [0.25, 0.3) is 0 Å². The number of aliphatic hydroxyl groups excluding tert-OH is 1. The second-order valence-electron chi connectivity index (χ2n) is 7.06. The van der Waals surface area contributed by atoms with Crippen LogP contribution < -0.4 is 14.8 Å². The molecule has 12 heteroatoms. The first-order valence-electron chi connectivity index (χ1n) is 9.82. The van der Waals surface area contributed by atoms with Crippen LogP contribution in [0.4, 0.5) is 11.4 Å². The molecule has 1 atom stereocenters. The summed E-state index contributed by atoms with van der Waals surface area (Å²) < 4.78 is 32.7. The Balaban J connectivity index is 1.76. The van der Waals surface area contributed by atoms with E-state index in [1.807, 2.05) is 0 Å². The summed E-state index contributed by atoms with van der Waals surface area (Å²) in [6, 6.07) is 14.6. The number of benzene rings is 3. The van der Waals surface area contributed by atoms with Crippen LogP contribution in [0, 0.1) is 10.1 Å². The Labute approximate surface area is 194 Å². The first kappa shape index (κ1) is 24.5. The number of methoxy groups -OCH3 is 1. The molecule has 3 rings (SSSR count). The van der Waals surface area contributed by atoms with E-state index in [0.717, 1.165) is 24.3 Å². The third-order valence-electron chi connectivity index (χ3n) is 4.79. The van der Waals surface area contributed by atoms with Gasteiger partial charge in [-0.3, -0.25) is 19.6 Å². The molecule has 178 valence electrons. The summed E-state index contributed by atoms with van der Waals surface area (Å²) in [5, 5.41) is 33.9. The number of sulfonamides is 1. The van der Waals surface area contributed by atoms with Gasteiger partial charge in [0.05, 0.1) is 28.6 Å². The van der Waals surface area contributed by atoms with Gasteiger partial charge in [-0.2, -0.15) is 0 Å². The second kappa shape index (κ2) is 10.2. The zero-order chi connectivity index (χ0) is 24.9. The number of nitro benzene ring substituents is 1. The van der Waals surface area contributed by atoms with Crippen molar-refractivity contribution in [3.05, 3.63) is 88.0 Å². The minimum absolute atomic E-state index is 0.0558. The Morgan fingerprint density at radius 3 is 2.56 bits per heavy atom. The molecule has 3 aromatic rings. The number of ether oxygens (including phenoxy) is 1. The van der Waals surface area contributed by atoms with Crippen LogP contribution in [0.2, 0.25) is 0 Å². The third kappa shape index (κ3) is 5.60. The summed E-state index contributed by atoms with van der Waals surface area (Å²) in [5.41, 5.74) is -0.249. The van der Waals surface area contributed by atoms with Gasteiger partial charge in [0.25, 0.3) is 21.6 Å². The van der Waals surface area contributed by atoms with E-state index in [1.165, 1.54) is 25.3 Å². The Hall–Kier alpha value is -4.16. The van der Waals surface area contributed by atoms with Crippen LogP contribution >= 0.6 is 0 Å². The highest BCUT2D eigenvalue weighted by atomic mass is 32.2. The molecule has 0 aliphatic rings. The van der Waals surface area contributed by atoms with Crippen LogP contribution in [-0.4, -0.2) is 43.1 Å². The molecular formula is C22H21N3O8S. The first-order chi connectivity index (χ1) is 16.1. The lowest BCUT2D eigenvalue weighted by Gasteiger charge is -2.16. The minimum atomic E-state index is -4.22. The highest BCUT2D eigenvalue weighted by Gasteiger charge is 2.20. The third-order valence-corrected chi connectivity index (χ3v) is 6.16. The van der Waals surface area contributed by atoms with Crippen LogP contribution in [0.1, 0.15) is 22.0 Å². The number of carbonyl (C=O) groups is 1. The summed E-state index contributed by atoms with van der Waals surface area (Å²) in [6.07, 6.45) is -1.10. The number of rotatable bonds is 9. The highest BCUT2D eigenvalue weighted by Crippen LogP contribution is 2.26. The number of non-ortho nitro benzene ring substituents is 1.